The summed E-state index contributed by atoms with van der Waals surface area (Å²) >= 11 is 6.31. The van der Waals surface area contributed by atoms with Crippen LogP contribution in [0.5, 0.6) is 11.5 Å². The number of methoxy groups -OCH3 is 1. The quantitative estimate of drug-likeness (QED) is 0.785. The Balaban J connectivity index is 2.13. The molecule has 1 aromatic carbocycles. The van der Waals surface area contributed by atoms with Gasteiger partial charge in [0, 0.05) is 37.7 Å². The van der Waals surface area contributed by atoms with E-state index in [-0.39, 0.29) is 23.8 Å². The molecule has 0 aromatic heterocycles. The molecule has 1 fully saturated rings. The Bertz CT molecular complexity index is 668. The molecule has 1 aromatic rings. The molecule has 2 amide bonds. The molecule has 1 saturated heterocycles. The van der Waals surface area contributed by atoms with Crippen LogP contribution in [-0.2, 0) is 4.79 Å². The first kappa shape index (κ1) is 20.4. The van der Waals surface area contributed by atoms with Crippen molar-refractivity contribution in [3.05, 3.63) is 22.7 Å². The van der Waals surface area contributed by atoms with Gasteiger partial charge in [0.2, 0.25) is 5.91 Å². The highest BCUT2D eigenvalue weighted by molar-refractivity contribution is 6.32. The van der Waals surface area contributed by atoms with Crippen molar-refractivity contribution in [1.29, 1.82) is 0 Å². The Morgan fingerprint density at radius 3 is 2.12 bits per heavy atom. The predicted molar refractivity (Wildman–Crippen MR) is 101 cm³/mol. The molecule has 6 nitrogen and oxygen atoms in total. The molecular formula is C19H27ClN2O4. The Hall–Kier alpha value is -1.95. The van der Waals surface area contributed by atoms with Crippen LogP contribution in [-0.4, -0.2) is 61.0 Å². The van der Waals surface area contributed by atoms with E-state index in [9.17, 15) is 9.59 Å². The lowest BCUT2D eigenvalue weighted by atomic mass is 10.1. The van der Waals surface area contributed by atoms with Crippen LogP contribution in [0.3, 0.4) is 0 Å². The molecule has 0 aliphatic carbocycles. The summed E-state index contributed by atoms with van der Waals surface area (Å²) in [6.45, 7) is 9.65. The van der Waals surface area contributed by atoms with E-state index in [4.69, 9.17) is 21.1 Å². The molecule has 0 N–H and O–H groups in total. The van der Waals surface area contributed by atoms with E-state index in [0.29, 0.717) is 48.3 Å². The average molecular weight is 383 g/mol. The fourth-order valence-corrected chi connectivity index (χ4v) is 3.13. The zero-order chi connectivity index (χ0) is 19.4. The molecule has 144 valence electrons. The van der Waals surface area contributed by atoms with Gasteiger partial charge < -0.3 is 19.3 Å². The number of amides is 2. The molecule has 0 radical (unpaired) electrons. The van der Waals surface area contributed by atoms with Crippen LogP contribution in [0.15, 0.2) is 12.1 Å². The van der Waals surface area contributed by atoms with Crippen molar-refractivity contribution in [1.82, 2.24) is 9.80 Å². The standard InChI is InChI=1S/C19H27ClN2O4/c1-12(2)18(23)21-6-8-22(9-7-21)19(24)14-10-15(20)17(26-13(3)4)16(11-14)25-5/h10-13H,6-9H2,1-5H3. The molecule has 0 spiro atoms. The first-order chi connectivity index (χ1) is 12.2. The van der Waals surface area contributed by atoms with Gasteiger partial charge in [0.25, 0.3) is 5.91 Å². The SMILES string of the molecule is COc1cc(C(=O)N2CCN(C(=O)C(C)C)CC2)cc(Cl)c1OC(C)C. The number of hydrogen-bond acceptors (Lipinski definition) is 4. The lowest BCUT2D eigenvalue weighted by Crippen LogP contribution is -2.51. The molecule has 26 heavy (non-hydrogen) atoms. The van der Waals surface area contributed by atoms with Crippen molar-refractivity contribution in [2.75, 3.05) is 33.3 Å². The van der Waals surface area contributed by atoms with Gasteiger partial charge in [-0.05, 0) is 26.0 Å². The van der Waals surface area contributed by atoms with E-state index in [1.54, 1.807) is 17.0 Å². The third kappa shape index (κ3) is 4.61. The van der Waals surface area contributed by atoms with Crippen LogP contribution in [0.1, 0.15) is 38.1 Å². The monoisotopic (exact) mass is 382 g/mol. The van der Waals surface area contributed by atoms with Gasteiger partial charge in [-0.3, -0.25) is 9.59 Å². The molecule has 0 bridgehead atoms. The maximum Gasteiger partial charge on any atom is 0.254 e. The number of nitrogens with zero attached hydrogens (tertiary/aromatic N) is 2. The minimum atomic E-state index is -0.127. The number of carbonyl (C=O) groups excluding carboxylic acids is 2. The topological polar surface area (TPSA) is 59.1 Å². The zero-order valence-corrected chi connectivity index (χ0v) is 16.8. The maximum absolute atomic E-state index is 12.8. The first-order valence-electron chi connectivity index (χ1n) is 8.86. The van der Waals surface area contributed by atoms with Gasteiger partial charge in [0.05, 0.1) is 18.2 Å². The molecule has 0 atom stereocenters. The van der Waals surface area contributed by atoms with Crippen LogP contribution in [0, 0.1) is 5.92 Å². The first-order valence-corrected chi connectivity index (χ1v) is 9.24. The van der Waals surface area contributed by atoms with Crippen LogP contribution in [0.2, 0.25) is 5.02 Å². The minimum Gasteiger partial charge on any atom is -0.493 e. The van der Waals surface area contributed by atoms with Crippen LogP contribution >= 0.6 is 11.6 Å². The summed E-state index contributed by atoms with van der Waals surface area (Å²) in [5.41, 5.74) is 0.451. The largest absolute Gasteiger partial charge is 0.493 e. The molecular weight excluding hydrogens is 356 g/mol. The summed E-state index contributed by atoms with van der Waals surface area (Å²) in [7, 11) is 1.52. The fraction of sp³-hybridized carbons (Fsp3) is 0.579. The Morgan fingerprint density at radius 1 is 1.04 bits per heavy atom. The van der Waals surface area contributed by atoms with Crippen molar-refractivity contribution < 1.29 is 19.1 Å². The Labute approximate surface area is 160 Å². The van der Waals surface area contributed by atoms with Gasteiger partial charge in [-0.2, -0.15) is 0 Å². The van der Waals surface area contributed by atoms with Crippen molar-refractivity contribution >= 4 is 23.4 Å². The number of piperazine rings is 1. The summed E-state index contributed by atoms with van der Waals surface area (Å²) in [6, 6.07) is 3.26. The Kier molecular flexibility index (Phi) is 6.75. The highest BCUT2D eigenvalue weighted by atomic mass is 35.5. The molecule has 1 heterocycles. The number of rotatable bonds is 5. The third-order valence-corrected chi connectivity index (χ3v) is 4.48. The van der Waals surface area contributed by atoms with Crippen LogP contribution in [0.25, 0.3) is 0 Å². The van der Waals surface area contributed by atoms with Gasteiger partial charge in [0.1, 0.15) is 0 Å². The summed E-state index contributed by atoms with van der Waals surface area (Å²) < 4.78 is 11.0. The van der Waals surface area contributed by atoms with Gasteiger partial charge in [-0.1, -0.05) is 25.4 Å². The van der Waals surface area contributed by atoms with Crippen molar-refractivity contribution in [2.45, 2.75) is 33.8 Å². The van der Waals surface area contributed by atoms with Gasteiger partial charge in [0.15, 0.2) is 11.5 Å². The lowest BCUT2D eigenvalue weighted by molar-refractivity contribution is -0.135. The second-order valence-electron chi connectivity index (χ2n) is 6.93. The molecule has 0 unspecified atom stereocenters. The number of hydrogen-bond donors (Lipinski definition) is 0. The second-order valence-corrected chi connectivity index (χ2v) is 7.34. The average Bonchev–Trinajstić information content (AvgIpc) is 2.61. The van der Waals surface area contributed by atoms with Gasteiger partial charge in [-0.25, -0.2) is 0 Å². The summed E-state index contributed by atoms with van der Waals surface area (Å²) in [5, 5.41) is 0.343. The van der Waals surface area contributed by atoms with E-state index in [1.165, 1.54) is 7.11 Å². The summed E-state index contributed by atoms with van der Waals surface area (Å²) in [4.78, 5) is 28.4. The maximum atomic E-state index is 12.8. The van der Waals surface area contributed by atoms with E-state index in [2.05, 4.69) is 0 Å². The van der Waals surface area contributed by atoms with Crippen LogP contribution in [0.4, 0.5) is 0 Å². The van der Waals surface area contributed by atoms with E-state index >= 15 is 0 Å². The normalized spacial score (nSPS) is 14.8. The summed E-state index contributed by atoms with van der Waals surface area (Å²) in [6.07, 6.45) is -0.0606. The number of benzene rings is 1. The molecule has 1 aliphatic rings. The molecule has 2 rings (SSSR count). The highest BCUT2D eigenvalue weighted by Gasteiger charge is 2.27. The van der Waals surface area contributed by atoms with E-state index in [1.807, 2.05) is 32.6 Å². The van der Waals surface area contributed by atoms with Crippen molar-refractivity contribution in [3.63, 3.8) is 0 Å². The number of halogens is 1. The fourth-order valence-electron chi connectivity index (χ4n) is 2.87. The van der Waals surface area contributed by atoms with Gasteiger partial charge >= 0.3 is 0 Å². The lowest BCUT2D eigenvalue weighted by Gasteiger charge is -2.35. The zero-order valence-electron chi connectivity index (χ0n) is 16.0. The van der Waals surface area contributed by atoms with E-state index < -0.39 is 0 Å². The van der Waals surface area contributed by atoms with Crippen molar-refractivity contribution in [2.24, 2.45) is 5.92 Å². The van der Waals surface area contributed by atoms with E-state index in [0.717, 1.165) is 0 Å². The minimum absolute atomic E-state index is 0.0335. The highest BCUT2D eigenvalue weighted by Crippen LogP contribution is 2.37. The molecule has 1 aliphatic heterocycles. The smallest absolute Gasteiger partial charge is 0.254 e. The number of carbonyl (C=O) groups is 2. The van der Waals surface area contributed by atoms with Gasteiger partial charge in [-0.15, -0.1) is 0 Å². The van der Waals surface area contributed by atoms with Crippen molar-refractivity contribution in [3.8, 4) is 11.5 Å². The number of ether oxygens (including phenoxy) is 2. The Morgan fingerprint density at radius 2 is 1.62 bits per heavy atom. The third-order valence-electron chi connectivity index (χ3n) is 4.20. The summed E-state index contributed by atoms with van der Waals surface area (Å²) in [5.74, 6) is 0.833. The predicted octanol–water partition coefficient (Wildman–Crippen LogP) is 3.08. The second kappa shape index (κ2) is 8.62. The molecule has 7 heteroatoms. The molecule has 0 saturated carbocycles. The van der Waals surface area contributed by atoms with Crippen LogP contribution < -0.4 is 9.47 Å².